The molecule has 0 fully saturated rings. The Morgan fingerprint density at radius 2 is 1.00 bits per heavy atom. The van der Waals surface area contributed by atoms with E-state index < -0.39 is 20.0 Å². The predicted octanol–water partition coefficient (Wildman–Crippen LogP) is 12.5. The van der Waals surface area contributed by atoms with E-state index in [1.165, 1.54) is 154 Å². The van der Waals surface area contributed by atoms with Crippen LogP contribution in [0.15, 0.2) is 12.2 Å². The molecule has 1 unspecified atom stereocenters. The zero-order valence-corrected chi connectivity index (χ0v) is 38.0. The molecule has 0 saturated heterocycles. The Balaban J connectivity index is 4.24. The highest BCUT2D eigenvalue weighted by Gasteiger charge is 2.24. The van der Waals surface area contributed by atoms with Gasteiger partial charge >= 0.3 is 0 Å². The van der Waals surface area contributed by atoms with Gasteiger partial charge in [0.05, 0.1) is 39.9 Å². The maximum atomic E-state index is 12.9. The van der Waals surface area contributed by atoms with Gasteiger partial charge in [0.2, 0.25) is 5.91 Å². The first kappa shape index (κ1) is 54.2. The highest BCUT2D eigenvalue weighted by atomic mass is 31.2. The third-order valence-electron chi connectivity index (χ3n) is 10.8. The number of amides is 1. The molecular weight excluding hydrogens is 707 g/mol. The van der Waals surface area contributed by atoms with Crippen molar-refractivity contribution in [3.63, 3.8) is 0 Å². The Kier molecular flexibility index (Phi) is 38.2. The molecule has 328 valence electrons. The molecule has 0 aliphatic carbocycles. The number of unbranched alkanes of at least 4 members (excludes halogenated alkanes) is 28. The Bertz CT molecular complexity index is 911. The third kappa shape index (κ3) is 41.2. The maximum absolute atomic E-state index is 12.9. The van der Waals surface area contributed by atoms with Gasteiger partial charge in [-0.3, -0.25) is 9.36 Å². The molecule has 55 heavy (non-hydrogen) atoms. The van der Waals surface area contributed by atoms with E-state index in [1.807, 2.05) is 21.1 Å². The number of aliphatic hydroxyl groups excluding tert-OH is 1. The van der Waals surface area contributed by atoms with Gasteiger partial charge < -0.3 is 28.8 Å². The van der Waals surface area contributed by atoms with Crippen LogP contribution in [0.5, 0.6) is 0 Å². The first-order valence-electron chi connectivity index (χ1n) is 23.5. The van der Waals surface area contributed by atoms with Crippen LogP contribution in [-0.4, -0.2) is 68.5 Å². The number of aliphatic hydroxyl groups is 1. The number of likely N-dealkylation sites (N-methyl/N-ethyl adjacent to an activating group) is 1. The number of carbonyl (C=O) groups is 1. The number of hydrogen-bond donors (Lipinski definition) is 2. The molecule has 0 aliphatic rings. The van der Waals surface area contributed by atoms with Crippen molar-refractivity contribution in [3.8, 4) is 0 Å². The lowest BCUT2D eigenvalue weighted by Gasteiger charge is -2.30. The lowest BCUT2D eigenvalue weighted by molar-refractivity contribution is -0.870. The highest BCUT2D eigenvalue weighted by Crippen LogP contribution is 2.38. The summed E-state index contributed by atoms with van der Waals surface area (Å²) >= 11 is 0. The van der Waals surface area contributed by atoms with Gasteiger partial charge in [0.1, 0.15) is 13.2 Å². The first-order valence-corrected chi connectivity index (χ1v) is 25.0. The number of phosphoric acid groups is 1. The summed E-state index contributed by atoms with van der Waals surface area (Å²) in [6, 6.07) is -0.810. The Labute approximate surface area is 342 Å². The zero-order valence-electron chi connectivity index (χ0n) is 37.1. The quantitative estimate of drug-likeness (QED) is 0.0275. The van der Waals surface area contributed by atoms with Crippen molar-refractivity contribution in [3.05, 3.63) is 12.2 Å². The number of quaternary nitrogens is 1. The normalized spacial score (nSPS) is 14.4. The molecule has 0 rings (SSSR count). The average molecular weight is 801 g/mol. The minimum atomic E-state index is -4.56. The van der Waals surface area contributed by atoms with Crippen molar-refractivity contribution in [2.45, 2.75) is 238 Å². The summed E-state index contributed by atoms with van der Waals surface area (Å²) in [6.07, 6.45) is 43.7. The van der Waals surface area contributed by atoms with Crippen LogP contribution < -0.4 is 10.2 Å². The van der Waals surface area contributed by atoms with E-state index in [2.05, 4.69) is 31.3 Å². The summed E-state index contributed by atoms with van der Waals surface area (Å²) < 4.78 is 23.2. The number of rotatable bonds is 43. The van der Waals surface area contributed by atoms with E-state index in [4.69, 9.17) is 9.05 Å². The van der Waals surface area contributed by atoms with Gasteiger partial charge in [-0.15, -0.1) is 0 Å². The maximum Gasteiger partial charge on any atom is 0.268 e. The summed E-state index contributed by atoms with van der Waals surface area (Å²) in [5.41, 5.74) is 0. The number of nitrogens with zero attached hydrogens (tertiary/aromatic N) is 1. The number of phosphoric ester groups is 1. The highest BCUT2D eigenvalue weighted by molar-refractivity contribution is 7.45. The van der Waals surface area contributed by atoms with Crippen LogP contribution in [0.25, 0.3) is 0 Å². The Morgan fingerprint density at radius 3 is 1.42 bits per heavy atom. The second-order valence-electron chi connectivity index (χ2n) is 17.5. The van der Waals surface area contributed by atoms with E-state index in [9.17, 15) is 19.4 Å². The van der Waals surface area contributed by atoms with Gasteiger partial charge in [0, 0.05) is 6.42 Å². The molecule has 2 N–H and O–H groups in total. The van der Waals surface area contributed by atoms with Crippen LogP contribution in [-0.2, 0) is 18.4 Å². The van der Waals surface area contributed by atoms with Gasteiger partial charge in [0.15, 0.2) is 0 Å². The molecule has 0 spiro atoms. The molecule has 0 aromatic carbocycles. The van der Waals surface area contributed by atoms with Crippen molar-refractivity contribution in [2.24, 2.45) is 0 Å². The molecule has 1 amide bonds. The van der Waals surface area contributed by atoms with E-state index in [1.54, 1.807) is 0 Å². The predicted molar refractivity (Wildman–Crippen MR) is 233 cm³/mol. The summed E-state index contributed by atoms with van der Waals surface area (Å²) in [5.74, 6) is -0.172. The van der Waals surface area contributed by atoms with Crippen LogP contribution >= 0.6 is 7.82 Å². The van der Waals surface area contributed by atoms with Crippen LogP contribution in [0.4, 0.5) is 0 Å². The lowest BCUT2D eigenvalue weighted by Crippen LogP contribution is -2.46. The van der Waals surface area contributed by atoms with Gasteiger partial charge in [-0.2, -0.15) is 0 Å². The fourth-order valence-electron chi connectivity index (χ4n) is 6.98. The molecule has 0 saturated carbocycles. The molecule has 9 heteroatoms. The van der Waals surface area contributed by atoms with Crippen LogP contribution in [0.3, 0.4) is 0 Å². The third-order valence-corrected chi connectivity index (χ3v) is 11.7. The molecule has 0 aromatic rings. The van der Waals surface area contributed by atoms with Crippen molar-refractivity contribution in [1.29, 1.82) is 0 Å². The first-order chi connectivity index (χ1) is 26.5. The topological polar surface area (TPSA) is 108 Å². The largest absolute Gasteiger partial charge is 0.756 e. The molecule has 0 bridgehead atoms. The summed E-state index contributed by atoms with van der Waals surface area (Å²) in [6.45, 7) is 4.70. The minimum Gasteiger partial charge on any atom is -0.756 e. The number of allylic oxidation sites excluding steroid dienone is 2. The Morgan fingerprint density at radius 1 is 0.618 bits per heavy atom. The monoisotopic (exact) mass is 801 g/mol. The second-order valence-corrected chi connectivity index (χ2v) is 18.9. The molecular formula is C46H93N2O6P. The minimum absolute atomic E-state index is 0.00963. The SMILES string of the molecule is CCCCCCCC/C=C/CCCC[C@@H](O)[C@H](COP(=O)([O-])OCC[N+](C)(C)C)NC(=O)CCCCCCCCCCCCCCCCCCCCCCC. The second kappa shape index (κ2) is 38.7. The summed E-state index contributed by atoms with van der Waals surface area (Å²) in [5, 5.41) is 13.9. The molecule has 0 aliphatic heterocycles. The Hall–Kier alpha value is -0.760. The van der Waals surface area contributed by atoms with E-state index in [0.717, 1.165) is 44.9 Å². The average Bonchev–Trinajstić information content (AvgIpc) is 3.13. The number of hydrogen-bond acceptors (Lipinski definition) is 6. The fourth-order valence-corrected chi connectivity index (χ4v) is 7.70. The van der Waals surface area contributed by atoms with Crippen LogP contribution in [0.1, 0.15) is 226 Å². The lowest BCUT2D eigenvalue weighted by atomic mass is 10.0. The van der Waals surface area contributed by atoms with Crippen molar-refractivity contribution in [2.75, 3.05) is 40.9 Å². The fraction of sp³-hybridized carbons (Fsp3) is 0.935. The summed E-state index contributed by atoms with van der Waals surface area (Å²) in [4.78, 5) is 25.3. The number of nitrogens with one attached hydrogen (secondary N) is 1. The van der Waals surface area contributed by atoms with Crippen molar-refractivity contribution < 1.29 is 32.9 Å². The molecule has 8 nitrogen and oxygen atoms in total. The molecule has 0 radical (unpaired) electrons. The molecule has 0 heterocycles. The van der Waals surface area contributed by atoms with E-state index in [0.29, 0.717) is 23.9 Å². The van der Waals surface area contributed by atoms with Crippen molar-refractivity contribution >= 4 is 13.7 Å². The van der Waals surface area contributed by atoms with E-state index in [-0.39, 0.29) is 19.1 Å². The van der Waals surface area contributed by atoms with Gasteiger partial charge in [0.25, 0.3) is 7.82 Å². The standard InChI is InChI=1S/C46H93N2O6P/c1-6-8-10-12-14-16-18-20-21-22-23-24-25-26-27-28-30-32-34-36-38-40-46(50)47-44(43-54-55(51,52)53-42-41-48(3,4)5)45(49)39-37-35-33-31-29-19-17-15-13-11-9-7-2/h29,31,44-45,49H,6-28,30,32-43H2,1-5H3,(H-,47,50,51,52)/b31-29+/t44-,45+/m0/s1. The van der Waals surface area contributed by atoms with Gasteiger partial charge in [-0.1, -0.05) is 193 Å². The smallest absolute Gasteiger partial charge is 0.268 e. The number of carbonyl (C=O) groups excluding carboxylic acids is 1. The van der Waals surface area contributed by atoms with Crippen LogP contribution in [0, 0.1) is 0 Å². The van der Waals surface area contributed by atoms with Crippen molar-refractivity contribution in [1.82, 2.24) is 5.32 Å². The molecule has 3 atom stereocenters. The van der Waals surface area contributed by atoms with Gasteiger partial charge in [-0.05, 0) is 38.5 Å². The zero-order chi connectivity index (χ0) is 40.7. The van der Waals surface area contributed by atoms with Crippen LogP contribution in [0.2, 0.25) is 0 Å². The van der Waals surface area contributed by atoms with Gasteiger partial charge in [-0.25, -0.2) is 0 Å². The molecule has 0 aromatic heterocycles. The van der Waals surface area contributed by atoms with E-state index >= 15 is 0 Å². The summed E-state index contributed by atoms with van der Waals surface area (Å²) in [7, 11) is 1.30.